The predicted molar refractivity (Wildman–Crippen MR) is 74.7 cm³/mol. The van der Waals surface area contributed by atoms with E-state index in [1.807, 2.05) is 0 Å². The third-order valence-electron chi connectivity index (χ3n) is 2.85. The highest BCUT2D eigenvalue weighted by Gasteiger charge is 2.19. The number of hydrogen-bond acceptors (Lipinski definition) is 4. The fourth-order valence-corrected chi connectivity index (χ4v) is 3.14. The highest BCUT2D eigenvalue weighted by atomic mass is 32.2. The first-order chi connectivity index (χ1) is 9.44. The fraction of sp³-hybridized carbons (Fsp3) is 0.143. The number of anilines is 1. The minimum atomic E-state index is -3.63. The van der Waals surface area contributed by atoms with Crippen molar-refractivity contribution in [3.8, 4) is 5.75 Å². The molecule has 0 amide bonds. The zero-order valence-electron chi connectivity index (χ0n) is 10.8. The van der Waals surface area contributed by atoms with E-state index in [4.69, 9.17) is 10.5 Å². The molecule has 6 heteroatoms. The van der Waals surface area contributed by atoms with Crippen molar-refractivity contribution in [3.63, 3.8) is 0 Å². The van der Waals surface area contributed by atoms with E-state index >= 15 is 0 Å². The molecule has 0 saturated carbocycles. The average molecular weight is 295 g/mol. The summed E-state index contributed by atoms with van der Waals surface area (Å²) in [7, 11) is -2.30. The first-order valence-corrected chi connectivity index (χ1v) is 7.49. The van der Waals surface area contributed by atoms with Crippen LogP contribution < -0.4 is 10.5 Å². The summed E-state index contributed by atoms with van der Waals surface area (Å²) in [5.41, 5.74) is 6.05. The molecule has 0 aliphatic rings. The SMILES string of the molecule is COc1cccc(CS(=O)(=O)c2ccc(N)cc2)c1F. The molecule has 0 aliphatic heterocycles. The zero-order valence-corrected chi connectivity index (χ0v) is 11.7. The second kappa shape index (κ2) is 5.50. The largest absolute Gasteiger partial charge is 0.494 e. The summed E-state index contributed by atoms with van der Waals surface area (Å²) in [6.07, 6.45) is 0. The van der Waals surface area contributed by atoms with Crippen LogP contribution in [0, 0.1) is 5.82 Å². The van der Waals surface area contributed by atoms with Crippen LogP contribution in [-0.2, 0) is 15.6 Å². The Hall–Kier alpha value is -2.08. The molecule has 20 heavy (non-hydrogen) atoms. The van der Waals surface area contributed by atoms with Gasteiger partial charge >= 0.3 is 0 Å². The van der Waals surface area contributed by atoms with Crippen LogP contribution in [-0.4, -0.2) is 15.5 Å². The Bertz CT molecular complexity index is 712. The first kappa shape index (κ1) is 14.3. The Morgan fingerprint density at radius 2 is 1.80 bits per heavy atom. The number of ether oxygens (including phenoxy) is 1. The van der Waals surface area contributed by atoms with E-state index in [9.17, 15) is 12.8 Å². The summed E-state index contributed by atoms with van der Waals surface area (Å²) in [5.74, 6) is -1.07. The Morgan fingerprint density at radius 3 is 2.40 bits per heavy atom. The second-order valence-corrected chi connectivity index (χ2v) is 6.25. The van der Waals surface area contributed by atoms with E-state index in [2.05, 4.69) is 0 Å². The molecule has 4 nitrogen and oxygen atoms in total. The third-order valence-corrected chi connectivity index (χ3v) is 4.53. The molecule has 0 spiro atoms. The molecule has 2 N–H and O–H groups in total. The maximum absolute atomic E-state index is 14.0. The number of methoxy groups -OCH3 is 1. The van der Waals surface area contributed by atoms with Crippen LogP contribution in [0.15, 0.2) is 47.4 Å². The van der Waals surface area contributed by atoms with Crippen molar-refractivity contribution >= 4 is 15.5 Å². The lowest BCUT2D eigenvalue weighted by atomic mass is 10.2. The molecule has 0 aliphatic carbocycles. The van der Waals surface area contributed by atoms with Gasteiger partial charge in [0.05, 0.1) is 17.8 Å². The molecule has 0 aromatic heterocycles. The van der Waals surface area contributed by atoms with Gasteiger partial charge in [-0.05, 0) is 30.3 Å². The fourth-order valence-electron chi connectivity index (χ4n) is 1.79. The van der Waals surface area contributed by atoms with Gasteiger partial charge in [-0.15, -0.1) is 0 Å². The van der Waals surface area contributed by atoms with Crippen LogP contribution in [0.25, 0.3) is 0 Å². The molecule has 0 unspecified atom stereocenters. The van der Waals surface area contributed by atoms with Crippen LogP contribution in [0.1, 0.15) is 5.56 Å². The number of nitrogen functional groups attached to an aromatic ring is 1. The lowest BCUT2D eigenvalue weighted by Crippen LogP contribution is -2.07. The van der Waals surface area contributed by atoms with Gasteiger partial charge in [-0.25, -0.2) is 12.8 Å². The van der Waals surface area contributed by atoms with Crippen molar-refractivity contribution in [1.29, 1.82) is 0 Å². The molecule has 106 valence electrons. The van der Waals surface area contributed by atoms with Crippen molar-refractivity contribution < 1.29 is 17.5 Å². The predicted octanol–water partition coefficient (Wildman–Crippen LogP) is 2.39. The Labute approximate surface area is 116 Å². The van der Waals surface area contributed by atoms with Crippen LogP contribution in [0.4, 0.5) is 10.1 Å². The normalized spacial score (nSPS) is 11.3. The van der Waals surface area contributed by atoms with Gasteiger partial charge in [0.25, 0.3) is 0 Å². The number of halogens is 1. The van der Waals surface area contributed by atoms with Crippen molar-refractivity contribution in [2.24, 2.45) is 0 Å². The van der Waals surface area contributed by atoms with Gasteiger partial charge in [0.15, 0.2) is 21.4 Å². The van der Waals surface area contributed by atoms with Crippen LogP contribution >= 0.6 is 0 Å². The molecular formula is C14H14FNO3S. The van der Waals surface area contributed by atoms with E-state index in [-0.39, 0.29) is 16.2 Å². The van der Waals surface area contributed by atoms with E-state index in [1.165, 1.54) is 43.5 Å². The van der Waals surface area contributed by atoms with Crippen molar-refractivity contribution in [2.45, 2.75) is 10.6 Å². The molecule has 0 bridgehead atoms. The molecule has 0 saturated heterocycles. The molecule has 0 fully saturated rings. The van der Waals surface area contributed by atoms with Gasteiger partial charge in [0.2, 0.25) is 0 Å². The molecule has 2 aromatic rings. The quantitative estimate of drug-likeness (QED) is 0.879. The van der Waals surface area contributed by atoms with Gasteiger partial charge in [-0.3, -0.25) is 0 Å². The van der Waals surface area contributed by atoms with Gasteiger partial charge in [0.1, 0.15) is 0 Å². The smallest absolute Gasteiger partial charge is 0.182 e. The zero-order chi connectivity index (χ0) is 14.8. The summed E-state index contributed by atoms with van der Waals surface area (Å²) < 4.78 is 43.2. The third kappa shape index (κ3) is 2.91. The van der Waals surface area contributed by atoms with Crippen LogP contribution in [0.5, 0.6) is 5.75 Å². The van der Waals surface area contributed by atoms with Crippen molar-refractivity contribution in [2.75, 3.05) is 12.8 Å². The summed E-state index contributed by atoms with van der Waals surface area (Å²) in [6.45, 7) is 0. The lowest BCUT2D eigenvalue weighted by Gasteiger charge is -2.08. The monoisotopic (exact) mass is 295 g/mol. The van der Waals surface area contributed by atoms with E-state index in [0.717, 1.165) is 0 Å². The van der Waals surface area contributed by atoms with E-state index < -0.39 is 21.4 Å². The topological polar surface area (TPSA) is 69.4 Å². The van der Waals surface area contributed by atoms with Gasteiger partial charge in [0, 0.05) is 11.3 Å². The van der Waals surface area contributed by atoms with Gasteiger partial charge < -0.3 is 10.5 Å². The number of sulfone groups is 1. The minimum absolute atomic E-state index is 0.0232. The van der Waals surface area contributed by atoms with E-state index in [0.29, 0.717) is 5.69 Å². The van der Waals surface area contributed by atoms with Gasteiger partial charge in [-0.1, -0.05) is 12.1 Å². The highest BCUT2D eigenvalue weighted by molar-refractivity contribution is 7.90. The van der Waals surface area contributed by atoms with Crippen molar-refractivity contribution in [3.05, 3.63) is 53.8 Å². The highest BCUT2D eigenvalue weighted by Crippen LogP contribution is 2.24. The number of nitrogens with two attached hydrogens (primary N) is 1. The Morgan fingerprint density at radius 1 is 1.15 bits per heavy atom. The Balaban J connectivity index is 2.36. The molecular weight excluding hydrogens is 281 g/mol. The summed E-state index contributed by atoms with van der Waals surface area (Å²) in [4.78, 5) is 0.105. The lowest BCUT2D eigenvalue weighted by molar-refractivity contribution is 0.385. The summed E-state index contributed by atoms with van der Waals surface area (Å²) in [6, 6.07) is 10.2. The molecule has 2 rings (SSSR count). The second-order valence-electron chi connectivity index (χ2n) is 4.26. The van der Waals surface area contributed by atoms with Crippen molar-refractivity contribution in [1.82, 2.24) is 0 Å². The summed E-state index contributed by atoms with van der Waals surface area (Å²) in [5, 5.41) is 0. The number of benzene rings is 2. The maximum atomic E-state index is 14.0. The number of hydrogen-bond donors (Lipinski definition) is 1. The van der Waals surface area contributed by atoms with Crippen LogP contribution in [0.2, 0.25) is 0 Å². The Kier molecular flexibility index (Phi) is 3.94. The molecule has 2 aromatic carbocycles. The average Bonchev–Trinajstić information content (AvgIpc) is 2.41. The first-order valence-electron chi connectivity index (χ1n) is 5.84. The van der Waals surface area contributed by atoms with Gasteiger partial charge in [-0.2, -0.15) is 0 Å². The number of rotatable bonds is 4. The standard InChI is InChI=1S/C14H14FNO3S/c1-19-13-4-2-3-10(14(13)15)9-20(17,18)12-7-5-11(16)6-8-12/h2-8H,9,16H2,1H3. The summed E-state index contributed by atoms with van der Waals surface area (Å²) >= 11 is 0. The maximum Gasteiger partial charge on any atom is 0.182 e. The molecule has 0 atom stereocenters. The van der Waals surface area contributed by atoms with E-state index in [1.54, 1.807) is 6.07 Å². The minimum Gasteiger partial charge on any atom is -0.494 e. The van der Waals surface area contributed by atoms with Crippen LogP contribution in [0.3, 0.4) is 0 Å². The molecule has 0 heterocycles. The molecule has 0 radical (unpaired) electrons.